The quantitative estimate of drug-likeness (QED) is 0.900. The predicted octanol–water partition coefficient (Wildman–Crippen LogP) is 2.24. The maximum Gasteiger partial charge on any atom is 0.227 e. The summed E-state index contributed by atoms with van der Waals surface area (Å²) in [6, 6.07) is 8.68. The fourth-order valence-electron chi connectivity index (χ4n) is 3.06. The number of nitrogens with one attached hydrogen (secondary N) is 1. The third kappa shape index (κ3) is 3.10. The lowest BCUT2D eigenvalue weighted by molar-refractivity contribution is -0.130. The highest BCUT2D eigenvalue weighted by Crippen LogP contribution is 2.21. The van der Waals surface area contributed by atoms with Gasteiger partial charge in [-0.3, -0.25) is 4.79 Å². The van der Waals surface area contributed by atoms with E-state index in [-0.39, 0.29) is 5.91 Å². The summed E-state index contributed by atoms with van der Waals surface area (Å²) >= 11 is 5.86. The van der Waals surface area contributed by atoms with Crippen molar-refractivity contribution in [2.75, 3.05) is 13.1 Å². The Kier molecular flexibility index (Phi) is 3.76. The van der Waals surface area contributed by atoms with E-state index in [0.29, 0.717) is 23.5 Å². The molecule has 1 aromatic carbocycles. The van der Waals surface area contributed by atoms with Crippen LogP contribution in [0.2, 0.25) is 5.02 Å². The molecule has 2 saturated heterocycles. The van der Waals surface area contributed by atoms with Crippen molar-refractivity contribution in [3.05, 3.63) is 34.9 Å². The summed E-state index contributed by atoms with van der Waals surface area (Å²) in [6.45, 7) is 1.75. The Bertz CT molecular complexity index is 460. The van der Waals surface area contributed by atoms with Crippen molar-refractivity contribution in [2.24, 2.45) is 0 Å². The first-order chi connectivity index (χ1) is 9.20. The number of benzene rings is 1. The molecule has 2 fully saturated rings. The number of nitrogens with zero attached hydrogens (tertiary/aromatic N) is 1. The van der Waals surface area contributed by atoms with Gasteiger partial charge >= 0.3 is 0 Å². The molecule has 1 N–H and O–H groups in total. The van der Waals surface area contributed by atoms with Gasteiger partial charge in [0.1, 0.15) is 0 Å². The molecule has 1 amide bonds. The Morgan fingerprint density at radius 2 is 1.95 bits per heavy atom. The molecule has 2 atom stereocenters. The zero-order valence-electron chi connectivity index (χ0n) is 10.9. The molecule has 19 heavy (non-hydrogen) atoms. The first-order valence-electron chi connectivity index (χ1n) is 6.99. The molecule has 2 aliphatic heterocycles. The van der Waals surface area contributed by atoms with Crippen molar-refractivity contribution >= 4 is 17.5 Å². The van der Waals surface area contributed by atoms with Crippen LogP contribution >= 0.6 is 11.6 Å². The summed E-state index contributed by atoms with van der Waals surface area (Å²) in [5.41, 5.74) is 1.04. The van der Waals surface area contributed by atoms with Crippen molar-refractivity contribution in [1.82, 2.24) is 10.2 Å². The molecule has 0 spiro atoms. The number of hydrogen-bond acceptors (Lipinski definition) is 2. The fourth-order valence-corrected chi connectivity index (χ4v) is 3.18. The normalized spacial score (nSPS) is 26.3. The van der Waals surface area contributed by atoms with Crippen LogP contribution in [0.1, 0.15) is 24.8 Å². The lowest BCUT2D eigenvalue weighted by Crippen LogP contribution is -2.39. The van der Waals surface area contributed by atoms with Gasteiger partial charge < -0.3 is 10.2 Å². The van der Waals surface area contributed by atoms with Gasteiger partial charge in [0, 0.05) is 30.2 Å². The van der Waals surface area contributed by atoms with Crippen LogP contribution in [-0.4, -0.2) is 36.0 Å². The molecular weight excluding hydrogens is 260 g/mol. The number of carbonyl (C=O) groups is 1. The number of rotatable bonds is 2. The van der Waals surface area contributed by atoms with Crippen LogP contribution < -0.4 is 5.32 Å². The van der Waals surface area contributed by atoms with Crippen LogP contribution in [0.5, 0.6) is 0 Å². The second-order valence-electron chi connectivity index (χ2n) is 5.57. The zero-order chi connectivity index (χ0) is 13.2. The first kappa shape index (κ1) is 12.9. The molecule has 102 valence electrons. The van der Waals surface area contributed by atoms with Gasteiger partial charge in [0.15, 0.2) is 0 Å². The number of hydrogen-bond donors (Lipinski definition) is 1. The maximum absolute atomic E-state index is 12.3. The van der Waals surface area contributed by atoms with Crippen molar-refractivity contribution in [3.63, 3.8) is 0 Å². The summed E-state index contributed by atoms with van der Waals surface area (Å²) in [5, 5.41) is 4.31. The molecule has 3 rings (SSSR count). The average Bonchev–Trinajstić information content (AvgIpc) is 2.71. The SMILES string of the molecule is O=C(Cc1ccc(Cl)cc1)N1CCC2CCC(C1)N2. The molecule has 2 unspecified atom stereocenters. The Morgan fingerprint density at radius 3 is 2.74 bits per heavy atom. The van der Waals surface area contributed by atoms with E-state index < -0.39 is 0 Å². The topological polar surface area (TPSA) is 32.3 Å². The number of halogens is 1. The van der Waals surface area contributed by atoms with Crippen molar-refractivity contribution in [3.8, 4) is 0 Å². The summed E-state index contributed by atoms with van der Waals surface area (Å²) < 4.78 is 0. The summed E-state index contributed by atoms with van der Waals surface area (Å²) in [4.78, 5) is 14.4. The minimum absolute atomic E-state index is 0.233. The number of likely N-dealkylation sites (tertiary alicyclic amines) is 1. The van der Waals surface area contributed by atoms with E-state index in [1.807, 2.05) is 29.2 Å². The van der Waals surface area contributed by atoms with E-state index in [1.165, 1.54) is 12.8 Å². The van der Waals surface area contributed by atoms with Crippen molar-refractivity contribution in [2.45, 2.75) is 37.8 Å². The highest BCUT2D eigenvalue weighted by molar-refractivity contribution is 6.30. The van der Waals surface area contributed by atoms with Crippen LogP contribution in [0.3, 0.4) is 0 Å². The minimum atomic E-state index is 0.233. The van der Waals surface area contributed by atoms with Crippen LogP contribution in [0.15, 0.2) is 24.3 Å². The van der Waals surface area contributed by atoms with E-state index in [2.05, 4.69) is 5.32 Å². The molecular formula is C15H19ClN2O. The molecule has 4 heteroatoms. The van der Waals surface area contributed by atoms with E-state index in [1.54, 1.807) is 0 Å². The summed E-state index contributed by atoms with van der Waals surface area (Å²) in [5.74, 6) is 0.233. The standard InChI is InChI=1S/C15H19ClN2O/c16-12-3-1-11(2-4-12)9-15(19)18-8-7-13-5-6-14(10-18)17-13/h1-4,13-14,17H,5-10H2. The van der Waals surface area contributed by atoms with Crippen LogP contribution in [0, 0.1) is 0 Å². The molecule has 0 saturated carbocycles. The highest BCUT2D eigenvalue weighted by atomic mass is 35.5. The van der Waals surface area contributed by atoms with Crippen molar-refractivity contribution < 1.29 is 4.79 Å². The van der Waals surface area contributed by atoms with Crippen LogP contribution in [0.4, 0.5) is 0 Å². The monoisotopic (exact) mass is 278 g/mol. The van der Waals surface area contributed by atoms with E-state index in [4.69, 9.17) is 11.6 Å². The average molecular weight is 279 g/mol. The predicted molar refractivity (Wildman–Crippen MR) is 76.3 cm³/mol. The highest BCUT2D eigenvalue weighted by Gasteiger charge is 2.30. The minimum Gasteiger partial charge on any atom is -0.341 e. The van der Waals surface area contributed by atoms with Gasteiger partial charge in [-0.25, -0.2) is 0 Å². The zero-order valence-corrected chi connectivity index (χ0v) is 11.7. The third-order valence-electron chi connectivity index (χ3n) is 4.14. The van der Waals surface area contributed by atoms with Crippen LogP contribution in [0.25, 0.3) is 0 Å². The van der Waals surface area contributed by atoms with Gasteiger partial charge in [-0.15, -0.1) is 0 Å². The van der Waals surface area contributed by atoms with Gasteiger partial charge in [-0.1, -0.05) is 23.7 Å². The molecule has 0 aliphatic carbocycles. The van der Waals surface area contributed by atoms with E-state index >= 15 is 0 Å². The third-order valence-corrected chi connectivity index (χ3v) is 4.40. The van der Waals surface area contributed by atoms with E-state index in [9.17, 15) is 4.79 Å². The molecule has 2 heterocycles. The Balaban J connectivity index is 1.62. The number of fused-ring (bicyclic) bond motifs is 2. The van der Waals surface area contributed by atoms with Gasteiger partial charge in [-0.2, -0.15) is 0 Å². The molecule has 2 aliphatic rings. The van der Waals surface area contributed by atoms with Gasteiger partial charge in [0.05, 0.1) is 6.42 Å². The van der Waals surface area contributed by atoms with E-state index in [0.717, 1.165) is 25.1 Å². The molecule has 3 nitrogen and oxygen atoms in total. The Morgan fingerprint density at radius 1 is 1.21 bits per heavy atom. The molecule has 1 aromatic rings. The lowest BCUT2D eigenvalue weighted by atomic mass is 10.1. The summed E-state index contributed by atoms with van der Waals surface area (Å²) in [6.07, 6.45) is 4.04. The smallest absolute Gasteiger partial charge is 0.227 e. The molecule has 0 aromatic heterocycles. The molecule has 2 bridgehead atoms. The van der Waals surface area contributed by atoms with Gasteiger partial charge in [0.2, 0.25) is 5.91 Å². The Labute approximate surface area is 118 Å². The molecule has 0 radical (unpaired) electrons. The largest absolute Gasteiger partial charge is 0.341 e. The fraction of sp³-hybridized carbons (Fsp3) is 0.533. The second kappa shape index (κ2) is 5.51. The second-order valence-corrected chi connectivity index (χ2v) is 6.01. The van der Waals surface area contributed by atoms with Crippen LogP contribution in [-0.2, 0) is 11.2 Å². The van der Waals surface area contributed by atoms with Crippen molar-refractivity contribution in [1.29, 1.82) is 0 Å². The Hall–Kier alpha value is -1.06. The first-order valence-corrected chi connectivity index (χ1v) is 7.37. The maximum atomic E-state index is 12.3. The van der Waals surface area contributed by atoms with Gasteiger partial charge in [-0.05, 0) is 37.0 Å². The number of carbonyl (C=O) groups excluding carboxylic acids is 1. The van der Waals surface area contributed by atoms with Gasteiger partial charge in [0.25, 0.3) is 0 Å². The lowest BCUT2D eigenvalue weighted by Gasteiger charge is -2.24. The number of amides is 1. The summed E-state index contributed by atoms with van der Waals surface area (Å²) in [7, 11) is 0.